The molecule has 102 valence electrons. The fourth-order valence-corrected chi connectivity index (χ4v) is 3.98. The van der Waals surface area contributed by atoms with Gasteiger partial charge in [0.2, 0.25) is 0 Å². The second-order valence-electron chi connectivity index (χ2n) is 4.74. The van der Waals surface area contributed by atoms with Crippen molar-refractivity contribution in [3.8, 4) is 0 Å². The largest absolute Gasteiger partial charge is 0.398 e. The minimum atomic E-state index is -3.26. The van der Waals surface area contributed by atoms with Crippen molar-refractivity contribution in [2.75, 3.05) is 11.5 Å². The van der Waals surface area contributed by atoms with Crippen LogP contribution in [0.4, 0.5) is 5.69 Å². The fourth-order valence-electron chi connectivity index (χ4n) is 2.06. The predicted octanol–water partition coefficient (Wildman–Crippen LogP) is 3.26. The van der Waals surface area contributed by atoms with Crippen LogP contribution in [0.3, 0.4) is 0 Å². The van der Waals surface area contributed by atoms with Gasteiger partial charge < -0.3 is 5.73 Å². The molecule has 3 nitrogen and oxygen atoms in total. The van der Waals surface area contributed by atoms with E-state index in [0.717, 1.165) is 25.7 Å². The highest BCUT2D eigenvalue weighted by Crippen LogP contribution is 2.23. The monoisotopic (exact) mass is 269 g/mol. The molecule has 0 fully saturated rings. The maximum atomic E-state index is 12.3. The Labute approximate surface area is 110 Å². The number of benzene rings is 1. The third-order valence-electron chi connectivity index (χ3n) is 3.25. The van der Waals surface area contributed by atoms with Crippen LogP contribution < -0.4 is 5.73 Å². The van der Waals surface area contributed by atoms with E-state index >= 15 is 0 Å². The molecule has 4 heteroatoms. The van der Waals surface area contributed by atoms with Gasteiger partial charge >= 0.3 is 0 Å². The van der Waals surface area contributed by atoms with Crippen LogP contribution in [-0.2, 0) is 9.84 Å². The molecule has 1 rings (SSSR count). The van der Waals surface area contributed by atoms with Crippen molar-refractivity contribution in [3.63, 3.8) is 0 Å². The minimum Gasteiger partial charge on any atom is -0.398 e. The Morgan fingerprint density at radius 2 is 1.89 bits per heavy atom. The molecule has 0 aliphatic heterocycles. The lowest BCUT2D eigenvalue weighted by Crippen LogP contribution is -2.17. The van der Waals surface area contributed by atoms with Gasteiger partial charge in [-0.05, 0) is 24.5 Å². The molecule has 2 N–H and O–H groups in total. The summed E-state index contributed by atoms with van der Waals surface area (Å²) < 4.78 is 24.6. The van der Waals surface area contributed by atoms with E-state index in [-0.39, 0.29) is 16.6 Å². The zero-order valence-corrected chi connectivity index (χ0v) is 12.0. The summed E-state index contributed by atoms with van der Waals surface area (Å²) in [5.74, 6) is 0.437. The van der Waals surface area contributed by atoms with Crippen LogP contribution in [-0.4, -0.2) is 14.2 Å². The standard InChI is InChI=1S/C14H23NO2S/c1-3-5-8-12(4-2)11-18(16,17)14-10-7-6-9-13(14)15/h6-7,9-10,12H,3-5,8,11,15H2,1-2H3. The summed E-state index contributed by atoms with van der Waals surface area (Å²) in [6.45, 7) is 4.17. The summed E-state index contributed by atoms with van der Waals surface area (Å²) in [5.41, 5.74) is 6.09. The van der Waals surface area contributed by atoms with Crippen molar-refractivity contribution in [1.82, 2.24) is 0 Å². The first-order chi connectivity index (χ1) is 8.51. The Kier molecular flexibility index (Phi) is 5.66. The van der Waals surface area contributed by atoms with Crippen LogP contribution in [0, 0.1) is 5.92 Å². The average Bonchev–Trinajstić information content (AvgIpc) is 2.34. The Morgan fingerprint density at radius 3 is 2.44 bits per heavy atom. The zero-order valence-electron chi connectivity index (χ0n) is 11.2. The van der Waals surface area contributed by atoms with E-state index in [9.17, 15) is 8.42 Å². The number of nitrogens with two attached hydrogens (primary N) is 1. The molecule has 0 heterocycles. The summed E-state index contributed by atoms with van der Waals surface area (Å²) in [7, 11) is -3.26. The predicted molar refractivity (Wildman–Crippen MR) is 76.2 cm³/mol. The van der Waals surface area contributed by atoms with E-state index in [1.54, 1.807) is 24.3 Å². The van der Waals surface area contributed by atoms with E-state index in [0.29, 0.717) is 5.69 Å². The molecule has 0 radical (unpaired) electrons. The number of rotatable bonds is 7. The molecule has 0 aliphatic carbocycles. The van der Waals surface area contributed by atoms with Gasteiger partial charge in [0.25, 0.3) is 0 Å². The van der Waals surface area contributed by atoms with Crippen molar-refractivity contribution in [1.29, 1.82) is 0 Å². The number of sulfone groups is 1. The highest BCUT2D eigenvalue weighted by molar-refractivity contribution is 7.91. The molecule has 0 aromatic heterocycles. The summed E-state index contributed by atoms with van der Waals surface area (Å²) >= 11 is 0. The minimum absolute atomic E-state index is 0.206. The number of para-hydroxylation sites is 1. The molecule has 1 aromatic rings. The van der Waals surface area contributed by atoms with Gasteiger partial charge in [-0.25, -0.2) is 8.42 Å². The first-order valence-electron chi connectivity index (χ1n) is 6.58. The van der Waals surface area contributed by atoms with Gasteiger partial charge in [0.05, 0.1) is 16.3 Å². The van der Waals surface area contributed by atoms with E-state index in [4.69, 9.17) is 5.73 Å². The van der Waals surface area contributed by atoms with Crippen LogP contribution in [0.1, 0.15) is 39.5 Å². The van der Waals surface area contributed by atoms with Gasteiger partial charge in [-0.1, -0.05) is 45.2 Å². The SMILES string of the molecule is CCCCC(CC)CS(=O)(=O)c1ccccc1N. The Morgan fingerprint density at radius 1 is 1.22 bits per heavy atom. The van der Waals surface area contributed by atoms with Crippen LogP contribution in [0.25, 0.3) is 0 Å². The third-order valence-corrected chi connectivity index (χ3v) is 5.20. The maximum Gasteiger partial charge on any atom is 0.180 e. The number of hydrogen-bond acceptors (Lipinski definition) is 3. The van der Waals surface area contributed by atoms with Crippen LogP contribution in [0.5, 0.6) is 0 Å². The summed E-state index contributed by atoms with van der Waals surface area (Å²) in [6.07, 6.45) is 4.05. The van der Waals surface area contributed by atoms with Crippen LogP contribution in [0.15, 0.2) is 29.2 Å². The van der Waals surface area contributed by atoms with E-state index in [1.165, 1.54) is 0 Å². The molecule has 1 unspecified atom stereocenters. The van der Waals surface area contributed by atoms with E-state index in [1.807, 2.05) is 6.92 Å². The maximum absolute atomic E-state index is 12.3. The molecule has 0 spiro atoms. The van der Waals surface area contributed by atoms with Gasteiger partial charge in [-0.3, -0.25) is 0 Å². The smallest absolute Gasteiger partial charge is 0.180 e. The van der Waals surface area contributed by atoms with Crippen molar-refractivity contribution in [3.05, 3.63) is 24.3 Å². The first kappa shape index (κ1) is 15.0. The van der Waals surface area contributed by atoms with E-state index in [2.05, 4.69) is 6.92 Å². The van der Waals surface area contributed by atoms with Gasteiger partial charge in [0.15, 0.2) is 9.84 Å². The Bertz CT molecular complexity index is 468. The zero-order chi connectivity index (χ0) is 13.6. The summed E-state index contributed by atoms with van der Waals surface area (Å²) in [5, 5.41) is 0. The third kappa shape index (κ3) is 4.02. The normalized spacial score (nSPS) is 13.4. The van der Waals surface area contributed by atoms with Gasteiger partial charge in [0, 0.05) is 0 Å². The van der Waals surface area contributed by atoms with E-state index < -0.39 is 9.84 Å². The van der Waals surface area contributed by atoms with Crippen molar-refractivity contribution in [2.45, 2.75) is 44.4 Å². The number of nitrogen functional groups attached to an aromatic ring is 1. The topological polar surface area (TPSA) is 60.2 Å². The van der Waals surface area contributed by atoms with Gasteiger partial charge in [-0.15, -0.1) is 0 Å². The van der Waals surface area contributed by atoms with Gasteiger partial charge in [-0.2, -0.15) is 0 Å². The summed E-state index contributed by atoms with van der Waals surface area (Å²) in [6, 6.07) is 6.70. The van der Waals surface area contributed by atoms with Gasteiger partial charge in [0.1, 0.15) is 0 Å². The lowest BCUT2D eigenvalue weighted by molar-refractivity contribution is 0.484. The molecule has 0 amide bonds. The number of unbranched alkanes of at least 4 members (excludes halogenated alkanes) is 1. The fraction of sp³-hybridized carbons (Fsp3) is 0.571. The number of hydrogen-bond donors (Lipinski definition) is 1. The molecular formula is C14H23NO2S. The van der Waals surface area contributed by atoms with Crippen molar-refractivity contribution < 1.29 is 8.42 Å². The second-order valence-corrected chi connectivity index (χ2v) is 6.74. The second kappa shape index (κ2) is 6.78. The Balaban J connectivity index is 2.84. The summed E-state index contributed by atoms with van der Waals surface area (Å²) in [4.78, 5) is 0.278. The lowest BCUT2D eigenvalue weighted by Gasteiger charge is -2.15. The molecule has 0 saturated carbocycles. The molecule has 18 heavy (non-hydrogen) atoms. The molecule has 0 saturated heterocycles. The Hall–Kier alpha value is -1.03. The molecule has 0 aliphatic rings. The number of anilines is 1. The molecule has 0 bridgehead atoms. The molecule has 1 aromatic carbocycles. The van der Waals surface area contributed by atoms with Crippen molar-refractivity contribution >= 4 is 15.5 Å². The molecule has 1 atom stereocenters. The average molecular weight is 269 g/mol. The highest BCUT2D eigenvalue weighted by atomic mass is 32.2. The highest BCUT2D eigenvalue weighted by Gasteiger charge is 2.21. The first-order valence-corrected chi connectivity index (χ1v) is 8.23. The molecular weight excluding hydrogens is 246 g/mol. The quantitative estimate of drug-likeness (QED) is 0.773. The van der Waals surface area contributed by atoms with Crippen molar-refractivity contribution in [2.24, 2.45) is 5.92 Å². The van der Waals surface area contributed by atoms with Crippen LogP contribution >= 0.6 is 0 Å². The van der Waals surface area contributed by atoms with Crippen LogP contribution in [0.2, 0.25) is 0 Å². The lowest BCUT2D eigenvalue weighted by atomic mass is 10.0.